The van der Waals surface area contributed by atoms with E-state index in [2.05, 4.69) is 4.98 Å². The molecule has 0 radical (unpaired) electrons. The molecule has 1 heterocycles. The van der Waals surface area contributed by atoms with E-state index in [9.17, 15) is 0 Å². The van der Waals surface area contributed by atoms with Crippen molar-refractivity contribution in [2.45, 2.75) is 13.0 Å². The summed E-state index contributed by atoms with van der Waals surface area (Å²) in [6.45, 7) is 2.59. The van der Waals surface area contributed by atoms with Gasteiger partial charge in [0.05, 0.1) is 18.3 Å². The minimum Gasteiger partial charge on any atom is -0.494 e. The van der Waals surface area contributed by atoms with Gasteiger partial charge in [-0.25, -0.2) is 0 Å². The molecule has 2 rings (SSSR count). The van der Waals surface area contributed by atoms with Crippen LogP contribution in [-0.4, -0.2) is 11.6 Å². The Morgan fingerprint density at radius 2 is 1.94 bits per heavy atom. The molecule has 0 spiro atoms. The number of aromatic nitrogens is 1. The van der Waals surface area contributed by atoms with Crippen molar-refractivity contribution in [1.82, 2.24) is 4.98 Å². The van der Waals surface area contributed by atoms with Gasteiger partial charge in [0.2, 0.25) is 0 Å². The van der Waals surface area contributed by atoms with E-state index in [1.165, 1.54) is 0 Å². The van der Waals surface area contributed by atoms with Crippen LogP contribution in [0.4, 0.5) is 0 Å². The van der Waals surface area contributed by atoms with Crippen LogP contribution in [-0.2, 0) is 0 Å². The molecule has 0 saturated carbocycles. The zero-order valence-corrected chi connectivity index (χ0v) is 9.84. The standard InChI is InChI=1S/C14H16N2O/c1-2-17-13-9-4-3-7-11(13)14(15)12-8-5-6-10-16-12/h3-10,14H,2,15H2,1H3. The van der Waals surface area contributed by atoms with Gasteiger partial charge in [0, 0.05) is 11.8 Å². The van der Waals surface area contributed by atoms with Gasteiger partial charge in [-0.3, -0.25) is 4.98 Å². The highest BCUT2D eigenvalue weighted by Gasteiger charge is 2.14. The molecule has 0 aliphatic carbocycles. The molecule has 0 fully saturated rings. The predicted octanol–water partition coefficient (Wildman–Crippen LogP) is 2.53. The van der Waals surface area contributed by atoms with E-state index in [-0.39, 0.29) is 6.04 Å². The number of nitrogens with zero attached hydrogens (tertiary/aromatic N) is 1. The number of para-hydroxylation sites is 1. The van der Waals surface area contributed by atoms with Crippen molar-refractivity contribution < 1.29 is 4.74 Å². The minimum absolute atomic E-state index is 0.251. The molecule has 3 nitrogen and oxygen atoms in total. The average molecular weight is 228 g/mol. The second-order valence-electron chi connectivity index (χ2n) is 3.70. The number of ether oxygens (including phenoxy) is 1. The molecule has 0 amide bonds. The molecule has 2 N–H and O–H groups in total. The third-order valence-electron chi connectivity index (χ3n) is 2.56. The van der Waals surface area contributed by atoms with E-state index < -0.39 is 0 Å². The Balaban J connectivity index is 2.33. The van der Waals surface area contributed by atoms with Gasteiger partial charge in [-0.1, -0.05) is 24.3 Å². The Hall–Kier alpha value is -1.87. The summed E-state index contributed by atoms with van der Waals surface area (Å²) in [5.41, 5.74) is 8.02. The van der Waals surface area contributed by atoms with E-state index in [1.807, 2.05) is 49.4 Å². The summed E-state index contributed by atoms with van der Waals surface area (Å²) in [6.07, 6.45) is 1.75. The molecule has 0 saturated heterocycles. The maximum atomic E-state index is 6.20. The van der Waals surface area contributed by atoms with E-state index in [0.29, 0.717) is 6.61 Å². The number of rotatable bonds is 4. The SMILES string of the molecule is CCOc1ccccc1C(N)c1ccccn1. The molecule has 0 bridgehead atoms. The smallest absolute Gasteiger partial charge is 0.124 e. The van der Waals surface area contributed by atoms with Gasteiger partial charge in [-0.15, -0.1) is 0 Å². The highest BCUT2D eigenvalue weighted by Crippen LogP contribution is 2.26. The number of hydrogen-bond acceptors (Lipinski definition) is 3. The third kappa shape index (κ3) is 2.63. The van der Waals surface area contributed by atoms with Crippen molar-refractivity contribution in [3.8, 4) is 5.75 Å². The van der Waals surface area contributed by atoms with Gasteiger partial charge in [0.15, 0.2) is 0 Å². The first-order valence-electron chi connectivity index (χ1n) is 5.71. The van der Waals surface area contributed by atoms with Crippen LogP contribution in [0.5, 0.6) is 5.75 Å². The Morgan fingerprint density at radius 1 is 1.18 bits per heavy atom. The van der Waals surface area contributed by atoms with Gasteiger partial charge in [-0.2, -0.15) is 0 Å². The van der Waals surface area contributed by atoms with Crippen LogP contribution in [0.25, 0.3) is 0 Å². The predicted molar refractivity (Wildman–Crippen MR) is 67.9 cm³/mol. The zero-order chi connectivity index (χ0) is 12.1. The lowest BCUT2D eigenvalue weighted by Crippen LogP contribution is -2.14. The van der Waals surface area contributed by atoms with Crippen LogP contribution in [0, 0.1) is 0 Å². The number of hydrogen-bond donors (Lipinski definition) is 1. The molecule has 0 aliphatic heterocycles. The van der Waals surface area contributed by atoms with Crippen LogP contribution in [0.1, 0.15) is 24.2 Å². The van der Waals surface area contributed by atoms with Crippen LogP contribution in [0.2, 0.25) is 0 Å². The Labute approximate surface area is 101 Å². The first-order chi connectivity index (χ1) is 8.33. The van der Waals surface area contributed by atoms with Gasteiger partial charge < -0.3 is 10.5 Å². The number of pyridine rings is 1. The lowest BCUT2D eigenvalue weighted by molar-refractivity contribution is 0.335. The molecule has 88 valence electrons. The van der Waals surface area contributed by atoms with Gasteiger partial charge >= 0.3 is 0 Å². The summed E-state index contributed by atoms with van der Waals surface area (Å²) in [7, 11) is 0. The average Bonchev–Trinajstić information content (AvgIpc) is 2.40. The lowest BCUT2D eigenvalue weighted by Gasteiger charge is -2.15. The maximum absolute atomic E-state index is 6.20. The van der Waals surface area contributed by atoms with E-state index in [4.69, 9.17) is 10.5 Å². The summed E-state index contributed by atoms with van der Waals surface area (Å²) in [4.78, 5) is 4.28. The summed E-state index contributed by atoms with van der Waals surface area (Å²) in [5, 5.41) is 0. The largest absolute Gasteiger partial charge is 0.494 e. The Bertz CT molecular complexity index is 471. The fourth-order valence-electron chi connectivity index (χ4n) is 1.74. The second kappa shape index (κ2) is 5.46. The molecular weight excluding hydrogens is 212 g/mol. The molecule has 17 heavy (non-hydrogen) atoms. The fourth-order valence-corrected chi connectivity index (χ4v) is 1.74. The van der Waals surface area contributed by atoms with Crippen LogP contribution in [0.3, 0.4) is 0 Å². The minimum atomic E-state index is -0.251. The zero-order valence-electron chi connectivity index (χ0n) is 9.84. The van der Waals surface area contributed by atoms with Crippen molar-refractivity contribution in [1.29, 1.82) is 0 Å². The second-order valence-corrected chi connectivity index (χ2v) is 3.70. The highest BCUT2D eigenvalue weighted by molar-refractivity contribution is 5.39. The maximum Gasteiger partial charge on any atom is 0.124 e. The third-order valence-corrected chi connectivity index (χ3v) is 2.56. The van der Waals surface area contributed by atoms with Crippen LogP contribution >= 0.6 is 0 Å². The van der Waals surface area contributed by atoms with Crippen molar-refractivity contribution in [2.75, 3.05) is 6.61 Å². The van der Waals surface area contributed by atoms with E-state index >= 15 is 0 Å². The molecule has 1 atom stereocenters. The summed E-state index contributed by atoms with van der Waals surface area (Å²) in [5.74, 6) is 0.827. The van der Waals surface area contributed by atoms with E-state index in [0.717, 1.165) is 17.0 Å². The van der Waals surface area contributed by atoms with Crippen LogP contribution < -0.4 is 10.5 Å². The molecule has 1 aromatic heterocycles. The summed E-state index contributed by atoms with van der Waals surface area (Å²) >= 11 is 0. The molecule has 3 heteroatoms. The first kappa shape index (κ1) is 11.6. The number of nitrogens with two attached hydrogens (primary N) is 1. The molecule has 0 aliphatic rings. The van der Waals surface area contributed by atoms with Gasteiger partial charge in [-0.05, 0) is 25.1 Å². The van der Waals surface area contributed by atoms with Crippen molar-refractivity contribution in [3.05, 3.63) is 59.9 Å². The monoisotopic (exact) mass is 228 g/mol. The van der Waals surface area contributed by atoms with Gasteiger partial charge in [0.1, 0.15) is 5.75 Å². The fraction of sp³-hybridized carbons (Fsp3) is 0.214. The lowest BCUT2D eigenvalue weighted by atomic mass is 10.0. The Morgan fingerprint density at radius 3 is 2.65 bits per heavy atom. The van der Waals surface area contributed by atoms with Crippen molar-refractivity contribution >= 4 is 0 Å². The van der Waals surface area contributed by atoms with E-state index in [1.54, 1.807) is 6.20 Å². The summed E-state index contributed by atoms with van der Waals surface area (Å²) < 4.78 is 5.57. The first-order valence-corrected chi connectivity index (χ1v) is 5.71. The van der Waals surface area contributed by atoms with Crippen LogP contribution in [0.15, 0.2) is 48.7 Å². The quantitative estimate of drug-likeness (QED) is 0.874. The number of benzene rings is 1. The highest BCUT2D eigenvalue weighted by atomic mass is 16.5. The Kier molecular flexibility index (Phi) is 3.73. The molecular formula is C14H16N2O. The van der Waals surface area contributed by atoms with Crippen molar-refractivity contribution in [2.24, 2.45) is 5.73 Å². The van der Waals surface area contributed by atoms with Gasteiger partial charge in [0.25, 0.3) is 0 Å². The summed E-state index contributed by atoms with van der Waals surface area (Å²) in [6, 6.07) is 13.3. The molecule has 1 aromatic carbocycles. The normalized spacial score (nSPS) is 12.1. The molecule has 2 aromatic rings. The topological polar surface area (TPSA) is 48.1 Å². The molecule has 1 unspecified atom stereocenters. The van der Waals surface area contributed by atoms with Crippen molar-refractivity contribution in [3.63, 3.8) is 0 Å².